The zero-order valence-electron chi connectivity index (χ0n) is 6.20. The van der Waals surface area contributed by atoms with Crippen LogP contribution in [0.25, 0.3) is 11.5 Å². The monoisotopic (exact) mass is 163 g/mol. The van der Waals surface area contributed by atoms with Gasteiger partial charge in [0.05, 0.1) is 6.26 Å². The molecule has 2 nitrogen and oxygen atoms in total. The van der Waals surface area contributed by atoms with Crippen molar-refractivity contribution >= 4 is 0 Å². The minimum absolute atomic E-state index is 0.496. The average molecular weight is 163 g/mol. The van der Waals surface area contributed by atoms with Crippen molar-refractivity contribution in [3.8, 4) is 11.5 Å². The van der Waals surface area contributed by atoms with Gasteiger partial charge in [-0.05, 0) is 24.3 Å². The third kappa shape index (κ3) is 1.21. The molecule has 0 aliphatic rings. The Hall–Kier alpha value is -1.64. The van der Waals surface area contributed by atoms with Gasteiger partial charge in [0.15, 0.2) is 5.76 Å². The Balaban J connectivity index is 2.48. The smallest absolute Gasteiger partial charge is 0.213 e. The largest absolute Gasteiger partial charge is 0.463 e. The lowest BCUT2D eigenvalue weighted by atomic mass is 10.3. The number of nitrogens with zero attached hydrogens (tertiary/aromatic N) is 1. The molecular weight excluding hydrogens is 157 g/mol. The Kier molecular flexibility index (Phi) is 1.63. The first-order valence-corrected chi connectivity index (χ1v) is 3.53. The molecular formula is C9H6FNO. The van der Waals surface area contributed by atoms with Crippen molar-refractivity contribution in [1.82, 2.24) is 4.98 Å². The number of halogens is 1. The summed E-state index contributed by atoms with van der Waals surface area (Å²) in [6.07, 6.45) is 1.53. The first-order valence-electron chi connectivity index (χ1n) is 3.53. The molecule has 0 saturated carbocycles. The van der Waals surface area contributed by atoms with E-state index in [-0.39, 0.29) is 0 Å². The second-order valence-electron chi connectivity index (χ2n) is 2.32. The topological polar surface area (TPSA) is 26.0 Å². The fourth-order valence-electron chi connectivity index (χ4n) is 0.970. The Bertz CT molecular complexity index is 370. The molecule has 0 fully saturated rings. The lowest BCUT2D eigenvalue weighted by Crippen LogP contribution is -1.84. The fourth-order valence-corrected chi connectivity index (χ4v) is 0.970. The van der Waals surface area contributed by atoms with Gasteiger partial charge in [0.2, 0.25) is 5.95 Å². The minimum Gasteiger partial charge on any atom is -0.463 e. The molecule has 0 aliphatic carbocycles. The molecule has 0 aliphatic heterocycles. The Morgan fingerprint density at radius 1 is 1.17 bits per heavy atom. The predicted molar refractivity (Wildman–Crippen MR) is 41.9 cm³/mol. The summed E-state index contributed by atoms with van der Waals surface area (Å²) in [5.41, 5.74) is 0.514. The van der Waals surface area contributed by atoms with E-state index in [1.165, 1.54) is 12.3 Å². The Morgan fingerprint density at radius 2 is 2.08 bits per heavy atom. The van der Waals surface area contributed by atoms with Crippen molar-refractivity contribution in [3.63, 3.8) is 0 Å². The molecule has 0 N–H and O–H groups in total. The molecule has 0 amide bonds. The van der Waals surface area contributed by atoms with Crippen LogP contribution in [0.1, 0.15) is 0 Å². The second-order valence-corrected chi connectivity index (χ2v) is 2.32. The van der Waals surface area contributed by atoms with E-state index in [1.807, 2.05) is 0 Å². The van der Waals surface area contributed by atoms with Crippen LogP contribution in [0.3, 0.4) is 0 Å². The van der Waals surface area contributed by atoms with E-state index >= 15 is 0 Å². The number of hydrogen-bond acceptors (Lipinski definition) is 2. The third-order valence-electron chi connectivity index (χ3n) is 1.49. The van der Waals surface area contributed by atoms with E-state index in [1.54, 1.807) is 24.3 Å². The van der Waals surface area contributed by atoms with Crippen molar-refractivity contribution in [2.24, 2.45) is 0 Å². The molecule has 0 atom stereocenters. The zero-order valence-corrected chi connectivity index (χ0v) is 6.20. The molecule has 0 saturated heterocycles. The Labute approximate surface area is 68.7 Å². The molecule has 0 unspecified atom stereocenters. The van der Waals surface area contributed by atoms with Gasteiger partial charge in [-0.15, -0.1) is 0 Å². The number of pyridine rings is 1. The van der Waals surface area contributed by atoms with Gasteiger partial charge < -0.3 is 4.42 Å². The standard InChI is InChI=1S/C9H6FNO/c10-9-5-1-3-7(11-9)8-4-2-6-12-8/h1-6H. The van der Waals surface area contributed by atoms with Crippen LogP contribution in [0.4, 0.5) is 4.39 Å². The van der Waals surface area contributed by atoms with Gasteiger partial charge in [-0.2, -0.15) is 4.39 Å². The minimum atomic E-state index is -0.496. The van der Waals surface area contributed by atoms with Gasteiger partial charge in [0.25, 0.3) is 0 Å². The van der Waals surface area contributed by atoms with Crippen LogP contribution in [0.2, 0.25) is 0 Å². The highest BCUT2D eigenvalue weighted by Gasteiger charge is 2.01. The normalized spacial score (nSPS) is 10.1. The van der Waals surface area contributed by atoms with Gasteiger partial charge in [-0.1, -0.05) is 6.07 Å². The predicted octanol–water partition coefficient (Wildman–Crippen LogP) is 2.48. The molecule has 2 heterocycles. The molecule has 3 heteroatoms. The summed E-state index contributed by atoms with van der Waals surface area (Å²) in [6, 6.07) is 8.07. The first-order chi connectivity index (χ1) is 5.86. The molecule has 12 heavy (non-hydrogen) atoms. The van der Waals surface area contributed by atoms with Crippen LogP contribution >= 0.6 is 0 Å². The maximum Gasteiger partial charge on any atom is 0.213 e. The van der Waals surface area contributed by atoms with Gasteiger partial charge in [0.1, 0.15) is 5.69 Å². The molecule has 0 radical (unpaired) electrons. The number of aromatic nitrogens is 1. The van der Waals surface area contributed by atoms with Crippen LogP contribution in [0, 0.1) is 5.95 Å². The summed E-state index contributed by atoms with van der Waals surface area (Å²) in [4.78, 5) is 3.66. The van der Waals surface area contributed by atoms with E-state index in [0.29, 0.717) is 11.5 Å². The van der Waals surface area contributed by atoms with Crippen LogP contribution in [-0.4, -0.2) is 4.98 Å². The van der Waals surface area contributed by atoms with Crippen LogP contribution < -0.4 is 0 Å². The van der Waals surface area contributed by atoms with Crippen molar-refractivity contribution in [2.45, 2.75) is 0 Å². The van der Waals surface area contributed by atoms with Gasteiger partial charge >= 0.3 is 0 Å². The van der Waals surface area contributed by atoms with E-state index in [2.05, 4.69) is 4.98 Å². The van der Waals surface area contributed by atoms with Crippen molar-refractivity contribution in [1.29, 1.82) is 0 Å². The van der Waals surface area contributed by atoms with Crippen LogP contribution in [0.5, 0.6) is 0 Å². The fraction of sp³-hybridized carbons (Fsp3) is 0. The molecule has 0 aromatic carbocycles. The SMILES string of the molecule is Fc1cccc(-c2ccco2)n1. The lowest BCUT2D eigenvalue weighted by molar-refractivity contribution is 0.563. The van der Waals surface area contributed by atoms with E-state index in [9.17, 15) is 4.39 Å². The lowest BCUT2D eigenvalue weighted by Gasteiger charge is -1.93. The van der Waals surface area contributed by atoms with Gasteiger partial charge in [0, 0.05) is 0 Å². The summed E-state index contributed by atoms with van der Waals surface area (Å²) in [5, 5.41) is 0. The molecule has 2 rings (SSSR count). The summed E-state index contributed by atoms with van der Waals surface area (Å²) in [5.74, 6) is 0.0819. The second kappa shape index (κ2) is 2.77. The number of rotatable bonds is 1. The highest BCUT2D eigenvalue weighted by atomic mass is 19.1. The summed E-state index contributed by atoms with van der Waals surface area (Å²) in [6.45, 7) is 0. The molecule has 2 aromatic rings. The molecule has 0 spiro atoms. The first kappa shape index (κ1) is 7.03. The quantitative estimate of drug-likeness (QED) is 0.603. The van der Waals surface area contributed by atoms with Gasteiger partial charge in [-0.25, -0.2) is 4.98 Å². The maximum atomic E-state index is 12.6. The summed E-state index contributed by atoms with van der Waals surface area (Å²) in [7, 11) is 0. The number of hydrogen-bond donors (Lipinski definition) is 0. The summed E-state index contributed by atoms with van der Waals surface area (Å²) < 4.78 is 17.7. The number of furan rings is 1. The highest BCUT2D eigenvalue weighted by molar-refractivity contribution is 5.50. The van der Waals surface area contributed by atoms with E-state index < -0.39 is 5.95 Å². The van der Waals surface area contributed by atoms with Gasteiger partial charge in [-0.3, -0.25) is 0 Å². The van der Waals surface area contributed by atoms with Crippen LogP contribution in [-0.2, 0) is 0 Å². The van der Waals surface area contributed by atoms with Crippen molar-refractivity contribution in [3.05, 3.63) is 42.5 Å². The molecule has 2 aromatic heterocycles. The van der Waals surface area contributed by atoms with Crippen molar-refractivity contribution < 1.29 is 8.81 Å². The summed E-state index contributed by atoms with van der Waals surface area (Å²) >= 11 is 0. The average Bonchev–Trinajstić information content (AvgIpc) is 2.56. The van der Waals surface area contributed by atoms with E-state index in [4.69, 9.17) is 4.42 Å². The Morgan fingerprint density at radius 3 is 2.75 bits per heavy atom. The van der Waals surface area contributed by atoms with Crippen LogP contribution in [0.15, 0.2) is 41.0 Å². The maximum absolute atomic E-state index is 12.6. The zero-order chi connectivity index (χ0) is 8.39. The highest BCUT2D eigenvalue weighted by Crippen LogP contribution is 2.16. The third-order valence-corrected chi connectivity index (χ3v) is 1.49. The van der Waals surface area contributed by atoms with Crippen molar-refractivity contribution in [2.75, 3.05) is 0 Å². The molecule has 0 bridgehead atoms. The molecule has 60 valence electrons. The van der Waals surface area contributed by atoms with E-state index in [0.717, 1.165) is 0 Å².